The van der Waals surface area contributed by atoms with Gasteiger partial charge in [-0.3, -0.25) is 4.98 Å². The summed E-state index contributed by atoms with van der Waals surface area (Å²) in [4.78, 5) is 6.98. The lowest BCUT2D eigenvalue weighted by molar-refractivity contribution is 0.166. The van der Waals surface area contributed by atoms with Crippen molar-refractivity contribution in [2.75, 3.05) is 46.4 Å². The highest BCUT2D eigenvalue weighted by atomic mass is 16.5. The Morgan fingerprint density at radius 1 is 1.45 bits per heavy atom. The Bertz CT molecular complexity index is 358. The van der Waals surface area contributed by atoms with Crippen molar-refractivity contribution in [3.8, 4) is 0 Å². The van der Waals surface area contributed by atoms with Gasteiger partial charge in [-0.15, -0.1) is 0 Å². The molecule has 1 unspecified atom stereocenters. The molecule has 0 aliphatic carbocycles. The molecule has 2 heterocycles. The van der Waals surface area contributed by atoms with Gasteiger partial charge >= 0.3 is 0 Å². The lowest BCUT2D eigenvalue weighted by atomic mass is 9.97. The first-order valence-corrected chi connectivity index (χ1v) is 7.70. The van der Waals surface area contributed by atoms with Gasteiger partial charge in [-0.25, -0.2) is 0 Å². The van der Waals surface area contributed by atoms with Crippen molar-refractivity contribution in [2.45, 2.75) is 19.3 Å². The Balaban J connectivity index is 1.65. The third kappa shape index (κ3) is 5.57. The fourth-order valence-electron chi connectivity index (χ4n) is 2.82. The van der Waals surface area contributed by atoms with Gasteiger partial charge in [0.15, 0.2) is 0 Å². The molecular weight excluding hydrogens is 250 g/mol. The summed E-state index contributed by atoms with van der Waals surface area (Å²) >= 11 is 0. The zero-order chi connectivity index (χ0) is 14.0. The maximum Gasteiger partial charge on any atom is 0.0587 e. The molecule has 0 amide bonds. The molecule has 1 aliphatic heterocycles. The number of likely N-dealkylation sites (tertiary alicyclic amines) is 1. The lowest BCUT2D eigenvalue weighted by Gasteiger charge is -2.32. The van der Waals surface area contributed by atoms with Gasteiger partial charge in [0, 0.05) is 45.1 Å². The zero-order valence-electron chi connectivity index (χ0n) is 12.6. The quantitative estimate of drug-likeness (QED) is 0.732. The Morgan fingerprint density at radius 3 is 3.20 bits per heavy atom. The van der Waals surface area contributed by atoms with Crippen LogP contribution in [0.1, 0.15) is 18.5 Å². The van der Waals surface area contributed by atoms with Gasteiger partial charge in [0.05, 0.1) is 6.61 Å². The third-order valence-electron chi connectivity index (χ3n) is 3.93. The smallest absolute Gasteiger partial charge is 0.0587 e. The monoisotopic (exact) mass is 277 g/mol. The van der Waals surface area contributed by atoms with E-state index in [4.69, 9.17) is 4.74 Å². The van der Waals surface area contributed by atoms with E-state index in [1.54, 1.807) is 7.11 Å². The van der Waals surface area contributed by atoms with Crippen molar-refractivity contribution in [1.29, 1.82) is 0 Å². The maximum atomic E-state index is 5.06. The van der Waals surface area contributed by atoms with Gasteiger partial charge in [-0.05, 0) is 44.0 Å². The predicted molar refractivity (Wildman–Crippen MR) is 81.9 cm³/mol. The molecule has 0 aromatic carbocycles. The van der Waals surface area contributed by atoms with Crippen LogP contribution >= 0.6 is 0 Å². The molecule has 1 N–H and O–H groups in total. The van der Waals surface area contributed by atoms with E-state index in [2.05, 4.69) is 27.3 Å². The second-order valence-corrected chi connectivity index (χ2v) is 5.58. The minimum Gasteiger partial charge on any atom is -0.383 e. The van der Waals surface area contributed by atoms with Gasteiger partial charge in [0.2, 0.25) is 0 Å². The molecule has 1 aromatic rings. The minimum absolute atomic E-state index is 0.782. The highest BCUT2D eigenvalue weighted by molar-refractivity contribution is 5.03. The molecule has 112 valence electrons. The van der Waals surface area contributed by atoms with Crippen molar-refractivity contribution in [2.24, 2.45) is 5.92 Å². The first kappa shape index (κ1) is 15.4. The standard InChI is InChI=1S/C16H27N3O/c1-20-12-9-17-13-15-5-4-10-19(14-15)11-7-16-6-2-3-8-18-16/h2-3,6,8,15,17H,4-5,7,9-14H2,1H3. The Kier molecular flexibility index (Phi) is 6.98. The number of rotatable bonds is 8. The minimum atomic E-state index is 0.782. The van der Waals surface area contributed by atoms with Crippen molar-refractivity contribution in [1.82, 2.24) is 15.2 Å². The average molecular weight is 277 g/mol. The van der Waals surface area contributed by atoms with E-state index >= 15 is 0 Å². The number of hydrogen-bond acceptors (Lipinski definition) is 4. The van der Waals surface area contributed by atoms with Crippen LogP contribution in [0.3, 0.4) is 0 Å². The van der Waals surface area contributed by atoms with Crippen molar-refractivity contribution in [3.05, 3.63) is 30.1 Å². The molecule has 4 nitrogen and oxygen atoms in total. The van der Waals surface area contributed by atoms with Crippen LogP contribution in [0, 0.1) is 5.92 Å². The number of nitrogens with zero attached hydrogens (tertiary/aromatic N) is 2. The van der Waals surface area contributed by atoms with E-state index in [0.29, 0.717) is 0 Å². The van der Waals surface area contributed by atoms with Crippen LogP contribution in [0.15, 0.2) is 24.4 Å². The van der Waals surface area contributed by atoms with E-state index < -0.39 is 0 Å². The number of nitrogens with one attached hydrogen (secondary N) is 1. The Labute approximate surface area is 122 Å². The molecule has 2 rings (SSSR count). The summed E-state index contributed by atoms with van der Waals surface area (Å²) in [7, 11) is 1.75. The van der Waals surface area contributed by atoms with Crippen LogP contribution in [0.5, 0.6) is 0 Å². The summed E-state index contributed by atoms with van der Waals surface area (Å²) in [5.41, 5.74) is 1.20. The molecule has 1 fully saturated rings. The summed E-state index contributed by atoms with van der Waals surface area (Å²) in [5.74, 6) is 0.782. The summed E-state index contributed by atoms with van der Waals surface area (Å²) in [6, 6.07) is 6.17. The van der Waals surface area contributed by atoms with E-state index in [-0.39, 0.29) is 0 Å². The first-order valence-electron chi connectivity index (χ1n) is 7.70. The topological polar surface area (TPSA) is 37.4 Å². The van der Waals surface area contributed by atoms with Crippen molar-refractivity contribution < 1.29 is 4.74 Å². The van der Waals surface area contributed by atoms with Crippen LogP contribution in [0.25, 0.3) is 0 Å². The summed E-state index contributed by atoms with van der Waals surface area (Å²) in [5, 5.41) is 3.49. The molecule has 1 aromatic heterocycles. The molecular formula is C16H27N3O. The molecule has 0 spiro atoms. The van der Waals surface area contributed by atoms with Crippen LogP contribution in [-0.4, -0.2) is 56.3 Å². The number of pyridine rings is 1. The second-order valence-electron chi connectivity index (χ2n) is 5.58. The van der Waals surface area contributed by atoms with Crippen LogP contribution in [0.4, 0.5) is 0 Å². The highest BCUT2D eigenvalue weighted by Gasteiger charge is 2.19. The largest absolute Gasteiger partial charge is 0.383 e. The van der Waals surface area contributed by atoms with Crippen molar-refractivity contribution in [3.63, 3.8) is 0 Å². The van der Waals surface area contributed by atoms with Crippen LogP contribution in [-0.2, 0) is 11.2 Å². The molecule has 1 atom stereocenters. The molecule has 1 saturated heterocycles. The molecule has 1 aliphatic rings. The summed E-state index contributed by atoms with van der Waals surface area (Å²) < 4.78 is 5.06. The van der Waals surface area contributed by atoms with E-state index in [1.807, 2.05) is 12.3 Å². The van der Waals surface area contributed by atoms with E-state index in [1.165, 1.54) is 31.6 Å². The second kappa shape index (κ2) is 9.06. The third-order valence-corrected chi connectivity index (χ3v) is 3.93. The average Bonchev–Trinajstić information content (AvgIpc) is 2.51. The molecule has 4 heteroatoms. The molecule has 0 bridgehead atoms. The van der Waals surface area contributed by atoms with Crippen LogP contribution in [0.2, 0.25) is 0 Å². The number of piperidine rings is 1. The zero-order valence-corrected chi connectivity index (χ0v) is 12.6. The fourth-order valence-corrected chi connectivity index (χ4v) is 2.82. The summed E-state index contributed by atoms with van der Waals surface area (Å²) in [6.07, 6.45) is 5.61. The molecule has 0 saturated carbocycles. The number of aromatic nitrogens is 1. The molecule has 0 radical (unpaired) electrons. The molecule has 20 heavy (non-hydrogen) atoms. The highest BCUT2D eigenvalue weighted by Crippen LogP contribution is 2.15. The normalized spacial score (nSPS) is 20.1. The van der Waals surface area contributed by atoms with Gasteiger partial charge in [-0.2, -0.15) is 0 Å². The van der Waals surface area contributed by atoms with Gasteiger partial charge in [0.1, 0.15) is 0 Å². The van der Waals surface area contributed by atoms with Gasteiger partial charge in [-0.1, -0.05) is 6.07 Å². The maximum absolute atomic E-state index is 5.06. The summed E-state index contributed by atoms with van der Waals surface area (Å²) in [6.45, 7) is 6.46. The Hall–Kier alpha value is -0.970. The van der Waals surface area contributed by atoms with Crippen molar-refractivity contribution >= 4 is 0 Å². The number of ether oxygens (including phenoxy) is 1. The van der Waals surface area contributed by atoms with Gasteiger partial charge in [0.25, 0.3) is 0 Å². The number of methoxy groups -OCH3 is 1. The van der Waals surface area contributed by atoms with E-state index in [0.717, 1.165) is 38.6 Å². The lowest BCUT2D eigenvalue weighted by Crippen LogP contribution is -2.41. The van der Waals surface area contributed by atoms with E-state index in [9.17, 15) is 0 Å². The SMILES string of the molecule is COCCNCC1CCCN(CCc2ccccn2)C1. The fraction of sp³-hybridized carbons (Fsp3) is 0.688. The first-order chi connectivity index (χ1) is 9.88. The van der Waals surface area contributed by atoms with Crippen LogP contribution < -0.4 is 5.32 Å². The predicted octanol–water partition coefficient (Wildman–Crippen LogP) is 1.57. The van der Waals surface area contributed by atoms with Gasteiger partial charge < -0.3 is 15.0 Å². The Morgan fingerprint density at radius 2 is 2.40 bits per heavy atom. The number of hydrogen-bond donors (Lipinski definition) is 1.